The van der Waals surface area contributed by atoms with Crippen LogP contribution in [-0.4, -0.2) is 18.9 Å². The molecule has 5 nitrogen and oxygen atoms in total. The zero-order valence-electron chi connectivity index (χ0n) is 5.81. The summed E-state index contributed by atoms with van der Waals surface area (Å²) in [7, 11) is 1.57. The fourth-order valence-electron chi connectivity index (χ4n) is 0.439. The van der Waals surface area contributed by atoms with Gasteiger partial charge in [0.2, 0.25) is 11.8 Å². The van der Waals surface area contributed by atoms with E-state index >= 15 is 0 Å². The Labute approximate surface area is 58.9 Å². The van der Waals surface area contributed by atoms with E-state index in [-0.39, 0.29) is 18.7 Å². The smallest absolute Gasteiger partial charge is 0.234 e. The van der Waals surface area contributed by atoms with E-state index in [1.54, 1.807) is 7.05 Å². The second-order valence-electron chi connectivity index (χ2n) is 1.76. The van der Waals surface area contributed by atoms with E-state index in [9.17, 15) is 9.59 Å². The molecule has 5 heteroatoms. The van der Waals surface area contributed by atoms with E-state index in [2.05, 4.69) is 10.9 Å². The standard InChI is InChI=1S/C5H11N3O2/c1-7-8-5(10)3-2-4(6)9/h7H,2-3H2,1H3,(H2,6,9)(H,8,10). The molecule has 58 valence electrons. The number of nitrogens with two attached hydrogens (primary N) is 1. The maximum absolute atomic E-state index is 10.6. The number of hydrogen-bond acceptors (Lipinski definition) is 3. The zero-order chi connectivity index (χ0) is 7.98. The first kappa shape index (κ1) is 8.90. The average molecular weight is 145 g/mol. The van der Waals surface area contributed by atoms with Crippen molar-refractivity contribution in [2.75, 3.05) is 7.05 Å². The lowest BCUT2D eigenvalue weighted by molar-refractivity contribution is -0.125. The molecule has 0 aliphatic carbocycles. The third-order valence-electron chi connectivity index (χ3n) is 0.863. The van der Waals surface area contributed by atoms with Gasteiger partial charge < -0.3 is 5.73 Å². The van der Waals surface area contributed by atoms with Crippen LogP contribution in [0.1, 0.15) is 12.8 Å². The van der Waals surface area contributed by atoms with Gasteiger partial charge in [0.25, 0.3) is 0 Å². The molecule has 0 heterocycles. The minimum Gasteiger partial charge on any atom is -0.370 e. The fourth-order valence-corrected chi connectivity index (χ4v) is 0.439. The minimum atomic E-state index is -0.466. The van der Waals surface area contributed by atoms with E-state index in [0.29, 0.717) is 0 Å². The SMILES string of the molecule is CNNC(=O)CCC(N)=O. The van der Waals surface area contributed by atoms with Gasteiger partial charge in [-0.15, -0.1) is 0 Å². The first-order valence-corrected chi connectivity index (χ1v) is 2.90. The zero-order valence-corrected chi connectivity index (χ0v) is 5.81. The maximum atomic E-state index is 10.6. The summed E-state index contributed by atoms with van der Waals surface area (Å²) in [6.45, 7) is 0. The number of primary amides is 1. The first-order valence-electron chi connectivity index (χ1n) is 2.90. The van der Waals surface area contributed by atoms with E-state index in [0.717, 1.165) is 0 Å². The third kappa shape index (κ3) is 5.04. The van der Waals surface area contributed by atoms with Crippen LogP contribution in [0.5, 0.6) is 0 Å². The van der Waals surface area contributed by atoms with Crippen molar-refractivity contribution in [2.45, 2.75) is 12.8 Å². The number of rotatable bonds is 4. The Morgan fingerprint density at radius 1 is 1.40 bits per heavy atom. The molecule has 0 aromatic carbocycles. The Kier molecular flexibility index (Phi) is 4.23. The molecule has 0 aromatic rings. The van der Waals surface area contributed by atoms with Gasteiger partial charge in [-0.3, -0.25) is 15.0 Å². The summed E-state index contributed by atoms with van der Waals surface area (Å²) in [5.41, 5.74) is 9.54. The maximum Gasteiger partial charge on any atom is 0.234 e. The molecular formula is C5H11N3O2. The Hall–Kier alpha value is -1.10. The van der Waals surface area contributed by atoms with E-state index in [1.165, 1.54) is 0 Å². The number of carbonyl (C=O) groups is 2. The van der Waals surface area contributed by atoms with Crippen LogP contribution in [0.3, 0.4) is 0 Å². The van der Waals surface area contributed by atoms with Crippen molar-refractivity contribution < 1.29 is 9.59 Å². The van der Waals surface area contributed by atoms with Crippen molar-refractivity contribution in [3.8, 4) is 0 Å². The monoisotopic (exact) mass is 145 g/mol. The Bertz CT molecular complexity index is 135. The largest absolute Gasteiger partial charge is 0.370 e. The highest BCUT2D eigenvalue weighted by atomic mass is 16.2. The number of carbonyl (C=O) groups excluding carboxylic acids is 2. The molecule has 10 heavy (non-hydrogen) atoms. The molecule has 0 saturated heterocycles. The van der Waals surface area contributed by atoms with Crippen molar-refractivity contribution >= 4 is 11.8 Å². The van der Waals surface area contributed by atoms with Crippen LogP contribution in [0.2, 0.25) is 0 Å². The van der Waals surface area contributed by atoms with Crippen molar-refractivity contribution in [1.82, 2.24) is 10.9 Å². The summed E-state index contributed by atoms with van der Waals surface area (Å²) in [6, 6.07) is 0. The summed E-state index contributed by atoms with van der Waals surface area (Å²) >= 11 is 0. The predicted octanol–water partition coefficient (Wildman–Crippen LogP) is -1.50. The molecule has 0 unspecified atom stereocenters. The molecule has 0 aromatic heterocycles. The molecule has 0 radical (unpaired) electrons. The fraction of sp³-hybridized carbons (Fsp3) is 0.600. The highest BCUT2D eigenvalue weighted by Crippen LogP contribution is 1.84. The van der Waals surface area contributed by atoms with Gasteiger partial charge in [0, 0.05) is 19.9 Å². The minimum absolute atomic E-state index is 0.0908. The van der Waals surface area contributed by atoms with Gasteiger partial charge in [0.15, 0.2) is 0 Å². The van der Waals surface area contributed by atoms with Gasteiger partial charge in [-0.25, -0.2) is 5.43 Å². The molecule has 0 atom stereocenters. The molecule has 2 amide bonds. The number of nitrogens with one attached hydrogen (secondary N) is 2. The summed E-state index contributed by atoms with van der Waals surface area (Å²) in [5.74, 6) is -0.701. The predicted molar refractivity (Wildman–Crippen MR) is 35.6 cm³/mol. The molecule has 0 aliphatic rings. The van der Waals surface area contributed by atoms with Gasteiger partial charge in [-0.1, -0.05) is 0 Å². The van der Waals surface area contributed by atoms with Crippen LogP contribution < -0.4 is 16.6 Å². The normalized spacial score (nSPS) is 8.90. The lowest BCUT2D eigenvalue weighted by Crippen LogP contribution is -2.34. The van der Waals surface area contributed by atoms with Gasteiger partial charge in [0.05, 0.1) is 0 Å². The van der Waals surface area contributed by atoms with Crippen LogP contribution in [-0.2, 0) is 9.59 Å². The summed E-state index contributed by atoms with van der Waals surface area (Å²) < 4.78 is 0. The van der Waals surface area contributed by atoms with Crippen LogP contribution >= 0.6 is 0 Å². The molecule has 0 bridgehead atoms. The van der Waals surface area contributed by atoms with Crippen molar-refractivity contribution in [3.63, 3.8) is 0 Å². The van der Waals surface area contributed by atoms with Crippen LogP contribution in [0.15, 0.2) is 0 Å². The van der Waals surface area contributed by atoms with Gasteiger partial charge >= 0.3 is 0 Å². The van der Waals surface area contributed by atoms with Crippen molar-refractivity contribution in [2.24, 2.45) is 5.73 Å². The first-order chi connectivity index (χ1) is 4.66. The highest BCUT2D eigenvalue weighted by molar-refractivity contribution is 5.82. The molecule has 4 N–H and O–H groups in total. The Balaban J connectivity index is 3.30. The second-order valence-corrected chi connectivity index (χ2v) is 1.76. The molecule has 0 aliphatic heterocycles. The van der Waals surface area contributed by atoms with Crippen molar-refractivity contribution in [1.29, 1.82) is 0 Å². The molecular weight excluding hydrogens is 134 g/mol. The molecule has 0 rings (SSSR count). The van der Waals surface area contributed by atoms with Gasteiger partial charge in [0.1, 0.15) is 0 Å². The van der Waals surface area contributed by atoms with Crippen LogP contribution in [0.4, 0.5) is 0 Å². The number of amides is 2. The number of hydrogen-bond donors (Lipinski definition) is 3. The van der Waals surface area contributed by atoms with Gasteiger partial charge in [-0.2, -0.15) is 0 Å². The lowest BCUT2D eigenvalue weighted by atomic mass is 10.3. The average Bonchev–Trinajstić information content (AvgIpc) is 1.85. The van der Waals surface area contributed by atoms with Crippen LogP contribution in [0.25, 0.3) is 0 Å². The van der Waals surface area contributed by atoms with E-state index in [4.69, 9.17) is 5.73 Å². The molecule has 0 spiro atoms. The van der Waals surface area contributed by atoms with Gasteiger partial charge in [-0.05, 0) is 0 Å². The summed E-state index contributed by atoms with van der Waals surface area (Å²) in [5, 5.41) is 0. The van der Waals surface area contributed by atoms with E-state index < -0.39 is 5.91 Å². The van der Waals surface area contributed by atoms with Crippen LogP contribution in [0, 0.1) is 0 Å². The molecule has 0 saturated carbocycles. The highest BCUT2D eigenvalue weighted by Gasteiger charge is 2.00. The Morgan fingerprint density at radius 2 is 2.00 bits per heavy atom. The summed E-state index contributed by atoms with van der Waals surface area (Å²) in [6.07, 6.45) is 0.226. The van der Waals surface area contributed by atoms with E-state index in [1.807, 2.05) is 0 Å². The number of hydrazine groups is 1. The second kappa shape index (κ2) is 4.75. The quantitative estimate of drug-likeness (QED) is 0.421. The topological polar surface area (TPSA) is 84.2 Å². The Morgan fingerprint density at radius 3 is 2.40 bits per heavy atom. The molecule has 0 fully saturated rings. The third-order valence-corrected chi connectivity index (χ3v) is 0.863. The lowest BCUT2D eigenvalue weighted by Gasteiger charge is -1.99. The van der Waals surface area contributed by atoms with Crippen molar-refractivity contribution in [3.05, 3.63) is 0 Å². The summed E-state index contributed by atoms with van der Waals surface area (Å²) in [4.78, 5) is 20.7.